The zero-order valence-electron chi connectivity index (χ0n) is 42.5. The molecule has 388 valence electrons. The minimum Gasteiger partial charge on any atom is -0.482 e. The van der Waals surface area contributed by atoms with E-state index in [1.54, 1.807) is 13.8 Å². The fourth-order valence-corrected chi connectivity index (χ4v) is 11.6. The number of fused-ring (bicyclic) bond motifs is 4. The number of unbranched alkanes of at least 4 members (excludes halogenated alkanes) is 4. The number of hydrogen-bond donors (Lipinski definition) is 6. The summed E-state index contributed by atoms with van der Waals surface area (Å²) in [5.74, 6) is 2.04. The molecule has 13 heteroatoms. The molecule has 12 atom stereocenters. The van der Waals surface area contributed by atoms with Crippen LogP contribution >= 0.6 is 0 Å². The van der Waals surface area contributed by atoms with Gasteiger partial charge in [0, 0.05) is 12.8 Å². The molecule has 0 radical (unpaired) electrons. The van der Waals surface area contributed by atoms with E-state index in [0.29, 0.717) is 35.2 Å². The number of aliphatic hydroxyl groups is 5. The number of ether oxygens (including phenoxy) is 3. The number of aliphatic carboxylic acids is 1. The van der Waals surface area contributed by atoms with Gasteiger partial charge < -0.3 is 44.8 Å². The van der Waals surface area contributed by atoms with E-state index in [-0.39, 0.29) is 73.9 Å². The molecule has 6 rings (SSSR count). The summed E-state index contributed by atoms with van der Waals surface area (Å²) in [6.07, 6.45) is 15.2. The van der Waals surface area contributed by atoms with Crippen molar-refractivity contribution in [3.05, 3.63) is 58.7 Å². The summed E-state index contributed by atoms with van der Waals surface area (Å²) in [5, 5.41) is 59.5. The van der Waals surface area contributed by atoms with Crippen LogP contribution in [0.2, 0.25) is 0 Å². The number of aliphatic hydroxyl groups excluding tert-OH is 5. The van der Waals surface area contributed by atoms with E-state index in [2.05, 4.69) is 26.0 Å². The summed E-state index contributed by atoms with van der Waals surface area (Å²) < 4.78 is 16.6. The smallest absolute Gasteiger partial charge is 0.344 e. The highest BCUT2D eigenvalue weighted by Gasteiger charge is 2.46. The van der Waals surface area contributed by atoms with Gasteiger partial charge >= 0.3 is 11.9 Å². The Hall–Kier alpha value is -3.88. The Morgan fingerprint density at radius 2 is 1.07 bits per heavy atom. The van der Waals surface area contributed by atoms with Crippen molar-refractivity contribution in [3.8, 4) is 11.5 Å². The van der Waals surface area contributed by atoms with Gasteiger partial charge in [-0.25, -0.2) is 9.59 Å². The summed E-state index contributed by atoms with van der Waals surface area (Å²) in [4.78, 5) is 44.3. The van der Waals surface area contributed by atoms with Crippen LogP contribution in [0.1, 0.15) is 167 Å². The van der Waals surface area contributed by atoms with Gasteiger partial charge in [0.15, 0.2) is 13.2 Å². The zero-order valence-corrected chi connectivity index (χ0v) is 42.5. The van der Waals surface area contributed by atoms with Gasteiger partial charge in [-0.15, -0.1) is 0 Å². The SMILES string of the molecule is CC(=O)CC(C)O.CCCCC[C@H](O)CC[C@@H]1[C@H]2Cc3cccc(OCC(=O)O)c3C[C@H]2C[C@H]1O.CCCCC[C@H](O)CC[C@@H]1[C@H]2Cc3cccc(OCC(=O)OC(C)CC(C)=O)c3C[C@H]2C[C@H]1O. The van der Waals surface area contributed by atoms with Gasteiger partial charge in [0.25, 0.3) is 0 Å². The quantitative estimate of drug-likeness (QED) is 0.0408. The lowest BCUT2D eigenvalue weighted by atomic mass is 9.73. The Morgan fingerprint density at radius 1 is 0.623 bits per heavy atom. The second-order valence-corrected chi connectivity index (χ2v) is 20.8. The summed E-state index contributed by atoms with van der Waals surface area (Å²) in [7, 11) is 0. The van der Waals surface area contributed by atoms with Crippen molar-refractivity contribution >= 4 is 23.5 Å². The molecule has 2 fully saturated rings. The summed E-state index contributed by atoms with van der Waals surface area (Å²) >= 11 is 0. The van der Waals surface area contributed by atoms with Crippen LogP contribution in [0.15, 0.2) is 36.4 Å². The third-order valence-corrected chi connectivity index (χ3v) is 14.8. The molecule has 13 nitrogen and oxygen atoms in total. The summed E-state index contributed by atoms with van der Waals surface area (Å²) in [5.41, 5.74) is 4.67. The summed E-state index contributed by atoms with van der Waals surface area (Å²) in [6.45, 7) is 10.1. The molecular weight excluding hydrogens is 881 g/mol. The third-order valence-electron chi connectivity index (χ3n) is 14.8. The predicted octanol–water partition coefficient (Wildman–Crippen LogP) is 8.34. The van der Waals surface area contributed by atoms with Crippen molar-refractivity contribution in [1.82, 2.24) is 0 Å². The zero-order chi connectivity index (χ0) is 50.6. The second-order valence-electron chi connectivity index (χ2n) is 20.8. The number of Topliss-reactive ketones (excluding diaryl/α,β-unsaturated/α-hetero) is 2. The molecular formula is C56H86O13. The summed E-state index contributed by atoms with van der Waals surface area (Å²) in [6, 6.07) is 11.8. The minimum absolute atomic E-state index is 0.0176. The van der Waals surface area contributed by atoms with E-state index in [9.17, 15) is 39.6 Å². The standard InChI is InChI=1S/C28H42O6.C23H34O5.C5H10O2/c1-4-5-6-9-22(30)11-12-23-24-14-20-8-7-10-27(25(20)15-21(24)16-26(23)31)33-17-28(32)34-19(3)13-18(2)29;1-2-3-4-7-17(24)9-10-18-19-11-15-6-5-8-22(28-14-23(26)27)20(15)12-16(19)13-21(18)25;1-4(6)3-5(2)7/h7-8,10,19,21-24,26,30-31H,4-6,9,11-17H2,1-3H3;5-6,8,16-19,21,24-25H,2-4,7,9-14H2,1H3,(H,26,27);4,6H,3H2,1-2H3/t19?,21-,22-,23+,24-,26+;16-,17-,18+,19-,21+;/m00./s1. The van der Waals surface area contributed by atoms with Crippen LogP contribution in [-0.2, 0) is 49.6 Å². The van der Waals surface area contributed by atoms with Crippen LogP contribution in [0, 0.1) is 35.5 Å². The van der Waals surface area contributed by atoms with Crippen LogP contribution in [0.5, 0.6) is 11.5 Å². The van der Waals surface area contributed by atoms with Gasteiger partial charge in [0.2, 0.25) is 0 Å². The van der Waals surface area contributed by atoms with Crippen LogP contribution in [-0.4, -0.2) is 104 Å². The van der Waals surface area contributed by atoms with E-state index in [4.69, 9.17) is 24.4 Å². The lowest BCUT2D eigenvalue weighted by Gasteiger charge is -2.32. The number of carboxylic acids is 1. The molecule has 2 unspecified atom stereocenters. The topological polar surface area (TPSA) is 217 Å². The van der Waals surface area contributed by atoms with E-state index in [0.717, 1.165) is 127 Å². The number of rotatable bonds is 25. The van der Waals surface area contributed by atoms with Crippen LogP contribution in [0.4, 0.5) is 0 Å². The van der Waals surface area contributed by atoms with Gasteiger partial charge in [0.05, 0.1) is 30.5 Å². The first-order valence-electron chi connectivity index (χ1n) is 26.2. The average molecular weight is 967 g/mol. The number of esters is 1. The van der Waals surface area contributed by atoms with E-state index in [1.807, 2.05) is 24.3 Å². The van der Waals surface area contributed by atoms with E-state index < -0.39 is 24.1 Å². The second kappa shape index (κ2) is 29.5. The van der Waals surface area contributed by atoms with Crippen LogP contribution < -0.4 is 9.47 Å². The molecule has 2 aromatic carbocycles. The Kier molecular flexibility index (Phi) is 24.6. The molecule has 0 bridgehead atoms. The molecule has 0 aromatic heterocycles. The van der Waals surface area contributed by atoms with E-state index in [1.165, 1.54) is 25.0 Å². The first kappa shape index (κ1) is 57.7. The molecule has 0 amide bonds. The largest absolute Gasteiger partial charge is 0.482 e. The fraction of sp³-hybridized carbons (Fsp3) is 0.714. The molecule has 69 heavy (non-hydrogen) atoms. The Bertz CT molecular complexity index is 1900. The Balaban J connectivity index is 0.000000267. The highest BCUT2D eigenvalue weighted by atomic mass is 16.6. The first-order valence-corrected chi connectivity index (χ1v) is 26.2. The van der Waals surface area contributed by atoms with Gasteiger partial charge in [-0.2, -0.15) is 0 Å². The number of ketones is 2. The fourth-order valence-electron chi connectivity index (χ4n) is 11.6. The van der Waals surface area contributed by atoms with Crippen molar-refractivity contribution in [2.24, 2.45) is 35.5 Å². The lowest BCUT2D eigenvalue weighted by Crippen LogP contribution is -2.28. The number of carbonyl (C=O) groups excluding carboxylic acids is 3. The maximum absolute atomic E-state index is 12.1. The normalized spacial score (nSPS) is 24.8. The molecule has 0 spiro atoms. The molecule has 0 aliphatic heterocycles. The molecule has 0 saturated heterocycles. The minimum atomic E-state index is -0.972. The maximum atomic E-state index is 12.1. The highest BCUT2D eigenvalue weighted by molar-refractivity contribution is 5.77. The maximum Gasteiger partial charge on any atom is 0.344 e. The molecule has 2 aromatic rings. The van der Waals surface area contributed by atoms with Crippen molar-refractivity contribution in [2.75, 3.05) is 13.2 Å². The Morgan fingerprint density at radius 3 is 1.46 bits per heavy atom. The molecule has 4 aliphatic rings. The predicted molar refractivity (Wildman–Crippen MR) is 265 cm³/mol. The van der Waals surface area contributed by atoms with Crippen LogP contribution in [0.25, 0.3) is 0 Å². The highest BCUT2D eigenvalue weighted by Crippen LogP contribution is 2.50. The van der Waals surface area contributed by atoms with Gasteiger partial charge in [0.1, 0.15) is 29.2 Å². The van der Waals surface area contributed by atoms with Crippen molar-refractivity contribution < 1.29 is 64.0 Å². The van der Waals surface area contributed by atoms with Crippen molar-refractivity contribution in [2.45, 2.75) is 207 Å². The monoisotopic (exact) mass is 967 g/mol. The molecule has 6 N–H and O–H groups in total. The molecule has 2 saturated carbocycles. The lowest BCUT2D eigenvalue weighted by molar-refractivity contribution is -0.151. The Labute approximate surface area is 411 Å². The third kappa shape index (κ3) is 19.0. The van der Waals surface area contributed by atoms with Gasteiger partial charge in [-0.1, -0.05) is 76.6 Å². The van der Waals surface area contributed by atoms with Crippen molar-refractivity contribution in [3.63, 3.8) is 0 Å². The van der Waals surface area contributed by atoms with Crippen LogP contribution in [0.3, 0.4) is 0 Å². The van der Waals surface area contributed by atoms with Gasteiger partial charge in [-0.05, 0) is 175 Å². The average Bonchev–Trinajstić information content (AvgIpc) is 3.76. The number of carboxylic acid groups (broad SMARTS) is 1. The van der Waals surface area contributed by atoms with Gasteiger partial charge in [-0.3, -0.25) is 9.59 Å². The number of benzene rings is 2. The van der Waals surface area contributed by atoms with E-state index >= 15 is 0 Å². The first-order chi connectivity index (χ1) is 32.9. The number of carbonyl (C=O) groups is 4. The number of hydrogen-bond acceptors (Lipinski definition) is 12. The molecule has 4 aliphatic carbocycles. The molecule has 0 heterocycles. The van der Waals surface area contributed by atoms with Crippen molar-refractivity contribution in [1.29, 1.82) is 0 Å².